The van der Waals surface area contributed by atoms with Crippen molar-refractivity contribution in [2.24, 2.45) is 0 Å². The van der Waals surface area contributed by atoms with Gasteiger partial charge in [0.05, 0.1) is 10.8 Å². The van der Waals surface area contributed by atoms with Crippen LogP contribution < -0.4 is 0 Å². The van der Waals surface area contributed by atoms with Gasteiger partial charge < -0.3 is 4.42 Å². The van der Waals surface area contributed by atoms with Crippen LogP contribution in [0.2, 0.25) is 0 Å². The SMILES string of the molecule is c1cc(-c2ccc3c4c(ccc3c2)-c2ccc3ccccc3c2C42c3ccccc3-c3ccccc32)cc(-c2c3ccccc3c(-c3ccc4oc5ccccc5c4c3)c3cc(-c4ccc5cc6c(cc5c4)C4(c5ccccc5-c5ccccc54)c4cc(-c5cc7ccccc7c7ccccc57)c5ccccc5c4-6)ccc23)c1. The fourth-order valence-corrected chi connectivity index (χ4v) is 22.1. The number of furan rings is 1. The van der Waals surface area contributed by atoms with Crippen LogP contribution in [0.4, 0.5) is 0 Å². The molecule has 0 saturated heterocycles. The summed E-state index contributed by atoms with van der Waals surface area (Å²) in [6.07, 6.45) is 0. The lowest BCUT2D eigenvalue weighted by Crippen LogP contribution is -2.26. The molecule has 1 nitrogen and oxygen atoms in total. The summed E-state index contributed by atoms with van der Waals surface area (Å²) in [6.45, 7) is 0. The normalized spacial score (nSPS) is 13.6. The van der Waals surface area contributed by atoms with E-state index in [0.29, 0.717) is 0 Å². The van der Waals surface area contributed by atoms with Crippen molar-refractivity contribution in [1.29, 1.82) is 0 Å². The van der Waals surface area contributed by atoms with Gasteiger partial charge in [0.15, 0.2) is 0 Å². The summed E-state index contributed by atoms with van der Waals surface area (Å²) >= 11 is 0. The van der Waals surface area contributed by atoms with E-state index in [1.54, 1.807) is 0 Å². The van der Waals surface area contributed by atoms with E-state index in [-0.39, 0.29) is 0 Å². The predicted molar refractivity (Wildman–Crippen MR) is 474 cm³/mol. The van der Waals surface area contributed by atoms with E-state index in [4.69, 9.17) is 4.42 Å². The molecule has 0 aliphatic heterocycles. The Morgan fingerprint density at radius 3 is 1.26 bits per heavy atom. The minimum Gasteiger partial charge on any atom is -0.456 e. The molecule has 0 N–H and O–H groups in total. The van der Waals surface area contributed by atoms with E-state index in [1.165, 1.54) is 214 Å². The minimum absolute atomic E-state index is 0.509. The molecule has 518 valence electrons. The molecule has 1 heterocycles. The molecule has 4 aliphatic carbocycles. The molecule has 0 amide bonds. The second-order valence-corrected chi connectivity index (χ2v) is 31.8. The summed E-state index contributed by atoms with van der Waals surface area (Å²) < 4.78 is 6.55. The molecule has 21 aromatic carbocycles. The number of para-hydroxylation sites is 1. The highest BCUT2D eigenvalue weighted by Gasteiger charge is 2.55. The summed E-state index contributed by atoms with van der Waals surface area (Å²) in [4.78, 5) is 0. The van der Waals surface area contributed by atoms with Crippen molar-refractivity contribution in [3.8, 4) is 100 Å². The monoisotopic (exact) mass is 1420 g/mol. The summed E-state index contributed by atoms with van der Waals surface area (Å²) in [5, 5.41) is 22.1. The predicted octanol–water partition coefficient (Wildman–Crippen LogP) is 29.8. The maximum Gasteiger partial charge on any atom is 0.135 e. The molecule has 0 atom stereocenters. The van der Waals surface area contributed by atoms with Crippen LogP contribution in [0.5, 0.6) is 0 Å². The van der Waals surface area contributed by atoms with Gasteiger partial charge in [-0.3, -0.25) is 0 Å². The van der Waals surface area contributed by atoms with Gasteiger partial charge in [0.2, 0.25) is 0 Å². The standard InChI is InChI=1S/C112H64O/c1-4-27-77-65(22-1)46-53-91-92-54-49-72-56-68(47-51-78(72)110(92)112(109(77)91)100-41-18-13-33-84(100)85-34-14-19-42-101(85)112)66-24-21-25-73(57-66)106-88-37-9-10-38-89(88)107(74-50-55-105-95(62-74)86-35-15-20-43-104(86)113-105)96-59-69(48-52-90(96)106)67-44-45-70-60-97-102(63-75(70)58-67)111(98-39-16-11-31-82(98)83-32-12-17-40-99(83)111)103-64-94(81-30-7-8-36-87(81)108(97)103)93-61-71-23-2-3-26-76(71)79-28-5-6-29-80(79)93/h1-64H. The quantitative estimate of drug-likeness (QED) is 0.124. The van der Waals surface area contributed by atoms with Crippen molar-refractivity contribution in [1.82, 2.24) is 0 Å². The van der Waals surface area contributed by atoms with Gasteiger partial charge in [-0.1, -0.05) is 322 Å². The zero-order chi connectivity index (χ0) is 73.5. The van der Waals surface area contributed by atoms with Crippen LogP contribution in [-0.4, -0.2) is 0 Å². The Kier molecular flexibility index (Phi) is 12.3. The van der Waals surface area contributed by atoms with Crippen LogP contribution in [0.1, 0.15) is 44.5 Å². The highest BCUT2D eigenvalue weighted by molar-refractivity contribution is 6.24. The zero-order valence-electron chi connectivity index (χ0n) is 61.4. The highest BCUT2D eigenvalue weighted by atomic mass is 16.3. The van der Waals surface area contributed by atoms with Crippen LogP contribution in [0.15, 0.2) is 393 Å². The largest absolute Gasteiger partial charge is 0.456 e. The molecule has 1 heteroatoms. The number of fused-ring (bicyclic) bond motifs is 35. The third-order valence-electron chi connectivity index (χ3n) is 26.6. The van der Waals surface area contributed by atoms with Gasteiger partial charge in [-0.15, -0.1) is 0 Å². The van der Waals surface area contributed by atoms with Gasteiger partial charge in [0.25, 0.3) is 0 Å². The summed E-state index contributed by atoms with van der Waals surface area (Å²) in [7, 11) is 0. The summed E-state index contributed by atoms with van der Waals surface area (Å²) in [5.74, 6) is 0. The molecular formula is C112H64O. The molecule has 4 aliphatic rings. The average molecular weight is 1430 g/mol. The Balaban J connectivity index is 0.664. The first kappa shape index (κ1) is 61.4. The maximum atomic E-state index is 6.55. The Morgan fingerprint density at radius 1 is 0.150 bits per heavy atom. The molecule has 26 rings (SSSR count). The Hall–Kier alpha value is -14.5. The van der Waals surface area contributed by atoms with E-state index in [9.17, 15) is 0 Å². The van der Waals surface area contributed by atoms with Crippen LogP contribution in [0, 0.1) is 0 Å². The molecule has 22 aromatic rings. The lowest BCUT2D eigenvalue weighted by molar-refractivity contribution is 0.669. The van der Waals surface area contributed by atoms with E-state index < -0.39 is 10.8 Å². The second-order valence-electron chi connectivity index (χ2n) is 31.8. The molecule has 0 saturated carbocycles. The lowest BCUT2D eigenvalue weighted by atomic mass is 9.68. The van der Waals surface area contributed by atoms with Crippen molar-refractivity contribution < 1.29 is 4.42 Å². The van der Waals surface area contributed by atoms with E-state index in [0.717, 1.165) is 38.6 Å². The number of rotatable bonds is 5. The van der Waals surface area contributed by atoms with Crippen molar-refractivity contribution in [2.45, 2.75) is 10.8 Å². The smallest absolute Gasteiger partial charge is 0.135 e. The minimum atomic E-state index is -0.612. The maximum absolute atomic E-state index is 6.55. The van der Waals surface area contributed by atoms with Gasteiger partial charge in [-0.2, -0.15) is 0 Å². The number of hydrogen-bond donors (Lipinski definition) is 0. The second kappa shape index (κ2) is 22.6. The van der Waals surface area contributed by atoms with Crippen LogP contribution >= 0.6 is 0 Å². The van der Waals surface area contributed by atoms with Gasteiger partial charge in [0, 0.05) is 10.8 Å². The third kappa shape index (κ3) is 8.09. The molecule has 1 aromatic heterocycles. The van der Waals surface area contributed by atoms with Crippen LogP contribution in [0.25, 0.3) is 208 Å². The van der Waals surface area contributed by atoms with Gasteiger partial charge in [0.1, 0.15) is 11.2 Å². The molecule has 0 fully saturated rings. The van der Waals surface area contributed by atoms with Crippen molar-refractivity contribution in [3.05, 3.63) is 433 Å². The topological polar surface area (TPSA) is 13.1 Å². The lowest BCUT2D eigenvalue weighted by Gasteiger charge is -2.32. The molecule has 0 radical (unpaired) electrons. The molecule has 113 heavy (non-hydrogen) atoms. The fraction of sp³-hybridized carbons (Fsp3) is 0.0179. The van der Waals surface area contributed by atoms with Gasteiger partial charge >= 0.3 is 0 Å². The van der Waals surface area contributed by atoms with Gasteiger partial charge in [-0.25, -0.2) is 0 Å². The number of benzene rings is 21. The van der Waals surface area contributed by atoms with E-state index in [2.05, 4.69) is 388 Å². The Bertz CT molecular complexity index is 7980. The molecule has 2 spiro atoms. The first-order valence-electron chi connectivity index (χ1n) is 39.6. The van der Waals surface area contributed by atoms with Gasteiger partial charge in [-0.05, 0) is 298 Å². The first-order chi connectivity index (χ1) is 56.0. The highest BCUT2D eigenvalue weighted by Crippen LogP contribution is 2.68. The zero-order valence-corrected chi connectivity index (χ0v) is 61.4. The molecule has 0 bridgehead atoms. The van der Waals surface area contributed by atoms with Crippen molar-refractivity contribution >= 4 is 108 Å². The van der Waals surface area contributed by atoms with E-state index >= 15 is 0 Å². The first-order valence-corrected chi connectivity index (χ1v) is 39.6. The van der Waals surface area contributed by atoms with Crippen LogP contribution in [0.3, 0.4) is 0 Å². The summed E-state index contributed by atoms with van der Waals surface area (Å²) in [5.41, 5.74) is 33.8. The molecule has 0 unspecified atom stereocenters. The fourth-order valence-electron chi connectivity index (χ4n) is 22.1. The van der Waals surface area contributed by atoms with Crippen LogP contribution in [-0.2, 0) is 10.8 Å². The number of hydrogen-bond acceptors (Lipinski definition) is 1. The Labute approximate surface area is 651 Å². The van der Waals surface area contributed by atoms with Crippen molar-refractivity contribution in [2.75, 3.05) is 0 Å². The average Bonchev–Trinajstić information content (AvgIpc) is 1.50. The summed E-state index contributed by atoms with van der Waals surface area (Å²) in [6, 6.07) is 148. The van der Waals surface area contributed by atoms with E-state index in [1.807, 2.05) is 0 Å². The molecular weight excluding hydrogens is 1360 g/mol. The Morgan fingerprint density at radius 2 is 0.566 bits per heavy atom. The van der Waals surface area contributed by atoms with Crippen molar-refractivity contribution in [3.63, 3.8) is 0 Å². The third-order valence-corrected chi connectivity index (χ3v) is 26.6.